The van der Waals surface area contributed by atoms with Crippen molar-refractivity contribution in [2.45, 2.75) is 38.1 Å². The number of nitrogen functional groups attached to an aromatic ring is 1. The first-order valence-corrected chi connectivity index (χ1v) is 6.20. The summed E-state index contributed by atoms with van der Waals surface area (Å²) in [5.41, 5.74) is 5.26. The average Bonchev–Trinajstić information content (AvgIpc) is 2.33. The molecule has 0 aromatic carbocycles. The van der Waals surface area contributed by atoms with Crippen LogP contribution in [-0.2, 0) is 0 Å². The van der Waals surface area contributed by atoms with Gasteiger partial charge in [0.1, 0.15) is 12.0 Å². The fraction of sp³-hybridized carbons (Fsp3) is 0.500. The van der Waals surface area contributed by atoms with Crippen LogP contribution in [0.5, 0.6) is 0 Å². The summed E-state index contributed by atoms with van der Waals surface area (Å²) in [7, 11) is 0. The number of nitrogens with two attached hydrogens (primary N) is 1. The summed E-state index contributed by atoms with van der Waals surface area (Å²) in [5, 5.41) is 13.6. The predicted molar refractivity (Wildman–Crippen MR) is 69.6 cm³/mol. The van der Waals surface area contributed by atoms with Crippen LogP contribution in [0, 0.1) is 10.1 Å². The highest BCUT2D eigenvalue weighted by Gasteiger charge is 2.37. The van der Waals surface area contributed by atoms with Gasteiger partial charge in [-0.3, -0.25) is 14.9 Å². The highest BCUT2D eigenvalue weighted by atomic mass is 16.6. The minimum atomic E-state index is -0.595. The largest absolute Gasteiger partial charge is 0.383 e. The van der Waals surface area contributed by atoms with Gasteiger partial charge in [0.05, 0.1) is 10.5 Å². The quantitative estimate of drug-likeness (QED) is 0.634. The van der Waals surface area contributed by atoms with Gasteiger partial charge in [0.2, 0.25) is 0 Å². The summed E-state index contributed by atoms with van der Waals surface area (Å²) in [6.07, 6.45) is 4.82. The minimum absolute atomic E-state index is 0.00803. The molecule has 0 saturated heterocycles. The predicted octanol–water partition coefficient (Wildman–Crippen LogP) is 1.63. The average molecular weight is 264 g/mol. The second-order valence-corrected chi connectivity index (χ2v) is 4.82. The van der Waals surface area contributed by atoms with E-state index in [2.05, 4.69) is 10.3 Å². The molecule has 7 heteroatoms. The number of anilines is 1. The number of rotatable bonds is 4. The van der Waals surface area contributed by atoms with E-state index in [0.717, 1.165) is 31.9 Å². The lowest BCUT2D eigenvalue weighted by atomic mass is 9.74. The molecule has 0 aliphatic heterocycles. The number of hydrogen-bond acceptors (Lipinski definition) is 5. The van der Waals surface area contributed by atoms with Gasteiger partial charge in [-0.1, -0.05) is 6.92 Å². The van der Waals surface area contributed by atoms with Gasteiger partial charge in [-0.15, -0.1) is 0 Å². The Morgan fingerprint density at radius 3 is 2.79 bits per heavy atom. The highest BCUT2D eigenvalue weighted by Crippen LogP contribution is 2.35. The van der Waals surface area contributed by atoms with Crippen LogP contribution < -0.4 is 11.1 Å². The molecule has 0 bridgehead atoms. The normalized spacial score (nSPS) is 16.5. The van der Waals surface area contributed by atoms with Gasteiger partial charge >= 0.3 is 0 Å². The smallest absolute Gasteiger partial charge is 0.288 e. The molecule has 1 aliphatic carbocycles. The van der Waals surface area contributed by atoms with Crippen molar-refractivity contribution in [1.29, 1.82) is 0 Å². The van der Waals surface area contributed by atoms with E-state index in [1.165, 1.54) is 6.07 Å². The molecule has 1 aromatic heterocycles. The number of nitro groups is 1. The van der Waals surface area contributed by atoms with Gasteiger partial charge in [-0.05, 0) is 25.7 Å². The Labute approximate surface area is 110 Å². The third-order valence-electron chi connectivity index (χ3n) is 3.73. The summed E-state index contributed by atoms with van der Waals surface area (Å²) in [4.78, 5) is 25.9. The Balaban J connectivity index is 2.23. The molecule has 1 aromatic rings. The van der Waals surface area contributed by atoms with E-state index in [1.54, 1.807) is 0 Å². The monoisotopic (exact) mass is 264 g/mol. The zero-order valence-corrected chi connectivity index (χ0v) is 10.7. The number of pyridine rings is 1. The number of carbonyl (C=O) groups is 1. The second-order valence-electron chi connectivity index (χ2n) is 4.82. The van der Waals surface area contributed by atoms with Crippen LogP contribution in [-0.4, -0.2) is 21.4 Å². The maximum atomic E-state index is 12.2. The fourth-order valence-corrected chi connectivity index (χ4v) is 2.22. The molecule has 1 fully saturated rings. The fourth-order valence-electron chi connectivity index (χ4n) is 2.22. The molecular weight excluding hydrogens is 248 g/mol. The maximum Gasteiger partial charge on any atom is 0.288 e. The van der Waals surface area contributed by atoms with Gasteiger partial charge in [0.25, 0.3) is 11.6 Å². The van der Waals surface area contributed by atoms with Crippen LogP contribution in [0.1, 0.15) is 43.0 Å². The Morgan fingerprint density at radius 1 is 1.63 bits per heavy atom. The number of amides is 1. The molecule has 0 radical (unpaired) electrons. The van der Waals surface area contributed by atoms with Crippen LogP contribution in [0.2, 0.25) is 0 Å². The van der Waals surface area contributed by atoms with E-state index in [-0.39, 0.29) is 22.6 Å². The summed E-state index contributed by atoms with van der Waals surface area (Å²) in [5.74, 6) is -0.385. The highest BCUT2D eigenvalue weighted by molar-refractivity contribution is 5.99. The molecule has 102 valence electrons. The molecule has 2 rings (SSSR count). The Morgan fingerprint density at radius 2 is 2.32 bits per heavy atom. The summed E-state index contributed by atoms with van der Waals surface area (Å²) >= 11 is 0. The van der Waals surface area contributed by atoms with E-state index in [1.807, 2.05) is 6.92 Å². The number of aromatic nitrogens is 1. The number of carbonyl (C=O) groups excluding carboxylic acids is 1. The van der Waals surface area contributed by atoms with Crippen molar-refractivity contribution < 1.29 is 9.72 Å². The van der Waals surface area contributed by atoms with E-state index >= 15 is 0 Å². The van der Waals surface area contributed by atoms with Crippen molar-refractivity contribution >= 4 is 17.4 Å². The first-order chi connectivity index (χ1) is 8.97. The molecule has 7 nitrogen and oxygen atoms in total. The molecule has 0 unspecified atom stereocenters. The lowest BCUT2D eigenvalue weighted by molar-refractivity contribution is -0.385. The Kier molecular flexibility index (Phi) is 3.37. The molecule has 19 heavy (non-hydrogen) atoms. The van der Waals surface area contributed by atoms with E-state index in [0.29, 0.717) is 0 Å². The summed E-state index contributed by atoms with van der Waals surface area (Å²) in [6.45, 7) is 2.01. The van der Waals surface area contributed by atoms with Gasteiger partial charge in [-0.2, -0.15) is 0 Å². The van der Waals surface area contributed by atoms with Gasteiger partial charge in [0, 0.05) is 11.6 Å². The van der Waals surface area contributed by atoms with Crippen molar-refractivity contribution in [2.24, 2.45) is 0 Å². The molecule has 0 atom stereocenters. The standard InChI is InChI=1S/C12H16N4O3/c1-2-12(4-3-5-12)15-11(17)9-6-8(16(18)19)7-14-10(9)13/h6-7H,2-5H2,1H3,(H2,13,14)(H,15,17). The van der Waals surface area contributed by atoms with Gasteiger partial charge in [-0.25, -0.2) is 4.98 Å². The lowest BCUT2D eigenvalue weighted by Crippen LogP contribution is -2.53. The molecule has 1 amide bonds. The third-order valence-corrected chi connectivity index (χ3v) is 3.73. The molecule has 3 N–H and O–H groups in total. The molecule has 1 heterocycles. The molecule has 1 saturated carbocycles. The SMILES string of the molecule is CCC1(NC(=O)c2cc([N+](=O)[O-])cnc2N)CCC1. The van der Waals surface area contributed by atoms with E-state index in [9.17, 15) is 14.9 Å². The summed E-state index contributed by atoms with van der Waals surface area (Å²) in [6, 6.07) is 1.17. The second kappa shape index (κ2) is 4.83. The Bertz CT molecular complexity index is 520. The van der Waals surface area contributed by atoms with Crippen molar-refractivity contribution in [1.82, 2.24) is 10.3 Å². The van der Waals surface area contributed by atoms with Crippen molar-refractivity contribution in [3.63, 3.8) is 0 Å². The van der Waals surface area contributed by atoms with Gasteiger partial charge < -0.3 is 11.1 Å². The number of hydrogen-bond donors (Lipinski definition) is 2. The van der Waals surface area contributed by atoms with Crippen molar-refractivity contribution in [3.05, 3.63) is 27.9 Å². The van der Waals surface area contributed by atoms with Crippen LogP contribution >= 0.6 is 0 Å². The molecule has 0 spiro atoms. The van der Waals surface area contributed by atoms with Gasteiger partial charge in [0.15, 0.2) is 0 Å². The first-order valence-electron chi connectivity index (χ1n) is 6.20. The zero-order valence-electron chi connectivity index (χ0n) is 10.7. The Hall–Kier alpha value is -2.18. The summed E-state index contributed by atoms with van der Waals surface area (Å²) < 4.78 is 0. The van der Waals surface area contributed by atoms with Crippen molar-refractivity contribution in [3.8, 4) is 0 Å². The maximum absolute atomic E-state index is 12.2. The van der Waals surface area contributed by atoms with Crippen LogP contribution in [0.4, 0.5) is 11.5 Å². The number of nitrogens with one attached hydrogen (secondary N) is 1. The lowest BCUT2D eigenvalue weighted by Gasteiger charge is -2.42. The molecular formula is C12H16N4O3. The van der Waals surface area contributed by atoms with E-state index in [4.69, 9.17) is 5.73 Å². The van der Waals surface area contributed by atoms with Crippen LogP contribution in [0.15, 0.2) is 12.3 Å². The van der Waals surface area contributed by atoms with Crippen molar-refractivity contribution in [2.75, 3.05) is 5.73 Å². The topological polar surface area (TPSA) is 111 Å². The van der Waals surface area contributed by atoms with Crippen LogP contribution in [0.25, 0.3) is 0 Å². The molecule has 1 aliphatic rings. The van der Waals surface area contributed by atoms with Crippen LogP contribution in [0.3, 0.4) is 0 Å². The minimum Gasteiger partial charge on any atom is -0.383 e. The third kappa shape index (κ3) is 2.49. The number of nitrogens with zero attached hydrogens (tertiary/aromatic N) is 2. The van der Waals surface area contributed by atoms with E-state index < -0.39 is 10.8 Å². The zero-order chi connectivity index (χ0) is 14.0. The first kappa shape index (κ1) is 13.3.